The van der Waals surface area contributed by atoms with Gasteiger partial charge in [-0.25, -0.2) is 9.97 Å². The fraction of sp³-hybridized carbons (Fsp3) is 0.111. The van der Waals surface area contributed by atoms with Crippen molar-refractivity contribution in [2.75, 3.05) is 4.72 Å². The van der Waals surface area contributed by atoms with Gasteiger partial charge in [-0.2, -0.15) is 8.42 Å². The molecule has 0 amide bonds. The largest absolute Gasteiger partial charge is 0.334 e. The highest BCUT2D eigenvalue weighted by Crippen LogP contribution is 2.18. The van der Waals surface area contributed by atoms with E-state index in [-0.39, 0.29) is 5.03 Å². The molecule has 2 aromatic rings. The normalized spacial score (nSPS) is 11.4. The molecule has 0 radical (unpaired) electrons. The van der Waals surface area contributed by atoms with Crippen molar-refractivity contribution in [3.8, 4) is 0 Å². The zero-order valence-corrected chi connectivity index (χ0v) is 10.4. The number of H-pyrrole nitrogens is 1. The number of nitrogens with zero attached hydrogens (tertiary/aromatic N) is 2. The van der Waals surface area contributed by atoms with Gasteiger partial charge in [0.05, 0.1) is 24.4 Å². The van der Waals surface area contributed by atoms with E-state index in [0.29, 0.717) is 16.4 Å². The number of hydrogen-bond donors (Lipinski definition) is 2. The van der Waals surface area contributed by atoms with E-state index in [2.05, 4.69) is 19.7 Å². The number of anilines is 1. The number of rotatable bonds is 3. The third-order valence-corrected chi connectivity index (χ3v) is 3.73. The maximum Gasteiger partial charge on any atom is 0.279 e. The van der Waals surface area contributed by atoms with Gasteiger partial charge in [-0.1, -0.05) is 11.6 Å². The standard InChI is InChI=1S/C9H9ClN4O2S/c1-6-2-7(3-12-9(6)10)14-17(15,16)8-4-11-5-13-8/h2-5,14H,1H3,(H,11,13). The van der Waals surface area contributed by atoms with Crippen LogP contribution in [0.1, 0.15) is 5.56 Å². The summed E-state index contributed by atoms with van der Waals surface area (Å²) in [5, 5.41) is 0.333. The van der Waals surface area contributed by atoms with Crippen molar-refractivity contribution in [3.05, 3.63) is 35.5 Å². The smallest absolute Gasteiger partial charge is 0.279 e. The Morgan fingerprint density at radius 2 is 2.18 bits per heavy atom. The number of imidazole rings is 1. The lowest BCUT2D eigenvalue weighted by atomic mass is 10.3. The molecule has 2 heterocycles. The third-order valence-electron chi connectivity index (χ3n) is 2.03. The Balaban J connectivity index is 2.30. The molecule has 0 unspecified atom stereocenters. The highest BCUT2D eigenvalue weighted by atomic mass is 35.5. The van der Waals surface area contributed by atoms with E-state index >= 15 is 0 Å². The van der Waals surface area contributed by atoms with Gasteiger partial charge in [0.15, 0.2) is 5.03 Å². The van der Waals surface area contributed by atoms with Crippen LogP contribution in [0, 0.1) is 6.92 Å². The number of aromatic amines is 1. The molecule has 8 heteroatoms. The number of nitrogens with one attached hydrogen (secondary N) is 2. The van der Waals surface area contributed by atoms with Gasteiger partial charge in [-0.3, -0.25) is 4.72 Å². The zero-order valence-electron chi connectivity index (χ0n) is 8.81. The van der Waals surface area contributed by atoms with Gasteiger partial charge >= 0.3 is 0 Å². The molecule has 90 valence electrons. The van der Waals surface area contributed by atoms with Crippen LogP contribution in [-0.4, -0.2) is 23.4 Å². The van der Waals surface area contributed by atoms with Crippen LogP contribution in [0.4, 0.5) is 5.69 Å². The quantitative estimate of drug-likeness (QED) is 0.830. The van der Waals surface area contributed by atoms with Crippen LogP contribution in [-0.2, 0) is 10.0 Å². The predicted molar refractivity (Wildman–Crippen MR) is 63.4 cm³/mol. The van der Waals surface area contributed by atoms with Crippen molar-refractivity contribution in [2.45, 2.75) is 11.9 Å². The lowest BCUT2D eigenvalue weighted by Gasteiger charge is -2.06. The summed E-state index contributed by atoms with van der Waals surface area (Å²) in [4.78, 5) is 10.0. The van der Waals surface area contributed by atoms with Gasteiger partial charge in [0, 0.05) is 0 Å². The first-order chi connectivity index (χ1) is 7.99. The summed E-state index contributed by atoms with van der Waals surface area (Å²) in [5.74, 6) is 0. The summed E-state index contributed by atoms with van der Waals surface area (Å²) in [6.07, 6.45) is 3.86. The van der Waals surface area contributed by atoms with Gasteiger partial charge in [0.25, 0.3) is 10.0 Å². The summed E-state index contributed by atoms with van der Waals surface area (Å²) in [5.41, 5.74) is 1.04. The van der Waals surface area contributed by atoms with E-state index in [1.807, 2.05) is 0 Å². The number of hydrogen-bond acceptors (Lipinski definition) is 4. The zero-order chi connectivity index (χ0) is 12.5. The van der Waals surface area contributed by atoms with Crippen LogP contribution in [0.5, 0.6) is 0 Å². The van der Waals surface area contributed by atoms with Gasteiger partial charge in [-0.05, 0) is 18.6 Å². The number of aryl methyl sites for hydroxylation is 1. The third kappa shape index (κ3) is 2.56. The van der Waals surface area contributed by atoms with Gasteiger partial charge < -0.3 is 4.98 Å². The highest BCUT2D eigenvalue weighted by Gasteiger charge is 2.15. The summed E-state index contributed by atoms with van der Waals surface area (Å²) in [6.45, 7) is 1.74. The van der Waals surface area contributed by atoms with Crippen molar-refractivity contribution < 1.29 is 8.42 Å². The molecule has 0 aliphatic rings. The molecule has 2 aromatic heterocycles. The van der Waals surface area contributed by atoms with Crippen LogP contribution >= 0.6 is 11.6 Å². The number of sulfonamides is 1. The van der Waals surface area contributed by atoms with Crippen molar-refractivity contribution in [1.82, 2.24) is 15.0 Å². The second-order valence-electron chi connectivity index (χ2n) is 3.35. The van der Waals surface area contributed by atoms with Gasteiger partial charge in [0.2, 0.25) is 0 Å². The number of halogens is 1. The van der Waals surface area contributed by atoms with E-state index in [9.17, 15) is 8.42 Å². The van der Waals surface area contributed by atoms with Gasteiger partial charge in [-0.15, -0.1) is 0 Å². The minimum absolute atomic E-state index is 0.00916. The highest BCUT2D eigenvalue weighted by molar-refractivity contribution is 7.92. The monoisotopic (exact) mass is 272 g/mol. The molecule has 6 nitrogen and oxygen atoms in total. The fourth-order valence-corrected chi connectivity index (χ4v) is 2.26. The first kappa shape index (κ1) is 11.9. The molecule has 2 N–H and O–H groups in total. The molecule has 0 saturated carbocycles. The first-order valence-electron chi connectivity index (χ1n) is 4.62. The van der Waals surface area contributed by atoms with E-state index in [4.69, 9.17) is 11.6 Å². The van der Waals surface area contributed by atoms with Crippen LogP contribution in [0.3, 0.4) is 0 Å². The summed E-state index contributed by atoms with van der Waals surface area (Å²) < 4.78 is 26.0. The van der Waals surface area contributed by atoms with Crippen molar-refractivity contribution in [3.63, 3.8) is 0 Å². The Hall–Kier alpha value is -1.60. The number of pyridine rings is 1. The van der Waals surface area contributed by atoms with Crippen molar-refractivity contribution >= 4 is 27.3 Å². The first-order valence-corrected chi connectivity index (χ1v) is 6.48. The Bertz CT molecular complexity index is 624. The SMILES string of the molecule is Cc1cc(NS(=O)(=O)c2cnc[nH]2)cnc1Cl. The minimum atomic E-state index is -3.65. The molecular formula is C9H9ClN4O2S. The fourth-order valence-electron chi connectivity index (χ4n) is 1.21. The lowest BCUT2D eigenvalue weighted by molar-refractivity contribution is 0.598. The molecule has 0 saturated heterocycles. The van der Waals surface area contributed by atoms with Crippen molar-refractivity contribution in [1.29, 1.82) is 0 Å². The Morgan fingerprint density at radius 3 is 2.76 bits per heavy atom. The van der Waals surface area contributed by atoms with E-state index in [1.54, 1.807) is 13.0 Å². The average Bonchev–Trinajstić information content (AvgIpc) is 2.77. The molecule has 0 spiro atoms. The molecule has 0 aliphatic carbocycles. The Labute approximate surface area is 103 Å². The molecule has 0 bridgehead atoms. The molecule has 17 heavy (non-hydrogen) atoms. The van der Waals surface area contributed by atoms with Crippen LogP contribution < -0.4 is 4.72 Å². The summed E-state index contributed by atoms with van der Waals surface area (Å²) in [6, 6.07) is 1.60. The molecule has 0 aliphatic heterocycles. The molecular weight excluding hydrogens is 264 g/mol. The van der Waals surface area contributed by atoms with Crippen LogP contribution in [0.25, 0.3) is 0 Å². The topological polar surface area (TPSA) is 87.7 Å². The van der Waals surface area contributed by atoms with Crippen molar-refractivity contribution in [2.24, 2.45) is 0 Å². The molecule has 0 fully saturated rings. The van der Waals surface area contributed by atoms with Crippen LogP contribution in [0.2, 0.25) is 5.15 Å². The molecule has 0 aromatic carbocycles. The second kappa shape index (κ2) is 4.34. The van der Waals surface area contributed by atoms with Crippen LogP contribution in [0.15, 0.2) is 29.8 Å². The minimum Gasteiger partial charge on any atom is -0.334 e. The molecule has 2 rings (SSSR count). The van der Waals surface area contributed by atoms with Gasteiger partial charge in [0.1, 0.15) is 5.15 Å². The van der Waals surface area contributed by atoms with E-state index in [1.165, 1.54) is 18.7 Å². The number of aromatic nitrogens is 3. The Kier molecular flexibility index (Phi) is 3.03. The summed E-state index contributed by atoms with van der Waals surface area (Å²) >= 11 is 5.75. The maximum absolute atomic E-state index is 11.8. The predicted octanol–water partition coefficient (Wildman–Crippen LogP) is 1.57. The summed E-state index contributed by atoms with van der Waals surface area (Å²) in [7, 11) is -3.65. The Morgan fingerprint density at radius 1 is 1.41 bits per heavy atom. The molecule has 0 atom stereocenters. The average molecular weight is 273 g/mol. The van der Waals surface area contributed by atoms with E-state index < -0.39 is 10.0 Å². The second-order valence-corrected chi connectivity index (χ2v) is 5.36. The maximum atomic E-state index is 11.8. The lowest BCUT2D eigenvalue weighted by Crippen LogP contribution is -2.13. The van der Waals surface area contributed by atoms with E-state index in [0.717, 1.165) is 0 Å².